The van der Waals surface area contributed by atoms with Gasteiger partial charge in [0.15, 0.2) is 11.7 Å². The van der Waals surface area contributed by atoms with Crippen LogP contribution in [-0.2, 0) is 60.8 Å². The average molecular weight is 1120 g/mol. The van der Waals surface area contributed by atoms with E-state index in [1.807, 2.05) is 37.4 Å². The van der Waals surface area contributed by atoms with Gasteiger partial charge < -0.3 is 69.8 Å². The largest absolute Gasteiger partial charge is 0.497 e. The number of primary amides is 3. The van der Waals surface area contributed by atoms with Gasteiger partial charge in [-0.1, -0.05) is 64.1 Å². The van der Waals surface area contributed by atoms with Gasteiger partial charge in [-0.2, -0.15) is 0 Å². The van der Waals surface area contributed by atoms with E-state index in [0.29, 0.717) is 38.1 Å². The standard InChI is InChI=1S/C51H74N14O11S2/c1-64-22-18-51(19-23-64)27-40(66)35(24-31-12-14-32(76-2)15-13-31)59-36(25-30-8-4-3-5-9-30)46(72)60-34(16-17-41(52)67)45(71)62-37(26-42(53)68)47(73)63-38(29-77-78-51)49(75)65-21-7-11-39(65)48(74)61-33(10-6-20-57-50(55)56)44(70)58-28-43(54)69/h3-5,8-9,12-15,33-39,59H,6-7,10-11,16-29H2,1-2H3,(H2,52,67)(H2,53,68)(H2,54,69)(H,58,70)(H,60,72)(H,61,74)(H,62,71)(H,63,73)(H4,55,56,57)/t33-,34-,35-,36-,37-,38-,39-/m0/s1. The minimum atomic E-state index is -1.71. The first-order chi connectivity index (χ1) is 37.1. The summed E-state index contributed by atoms with van der Waals surface area (Å²) in [6.45, 7) is 0.914. The van der Waals surface area contributed by atoms with E-state index in [0.717, 1.165) is 11.1 Å². The van der Waals surface area contributed by atoms with Crippen molar-refractivity contribution >= 4 is 86.5 Å². The third-order valence-corrected chi connectivity index (χ3v) is 17.0. The summed E-state index contributed by atoms with van der Waals surface area (Å²) >= 11 is 0. The van der Waals surface area contributed by atoms with Gasteiger partial charge in [0.05, 0.1) is 32.2 Å². The number of piperidine rings is 1. The van der Waals surface area contributed by atoms with Crippen molar-refractivity contribution in [1.29, 1.82) is 0 Å². The Balaban J connectivity index is 1.54. The number of benzene rings is 2. The Morgan fingerprint density at radius 2 is 1.44 bits per heavy atom. The third-order valence-electron chi connectivity index (χ3n) is 13.7. The molecule has 0 radical (unpaired) electrons. The molecule has 0 bridgehead atoms. The molecule has 3 aliphatic heterocycles. The average Bonchev–Trinajstić information content (AvgIpc) is 3.90. The molecule has 0 aliphatic carbocycles. The highest BCUT2D eigenvalue weighted by Crippen LogP contribution is 2.46. The van der Waals surface area contributed by atoms with Gasteiger partial charge in [-0.15, -0.1) is 0 Å². The Morgan fingerprint density at radius 3 is 2.08 bits per heavy atom. The van der Waals surface area contributed by atoms with Crippen molar-refractivity contribution in [3.63, 3.8) is 0 Å². The summed E-state index contributed by atoms with van der Waals surface area (Å²) in [5.41, 5.74) is 28.8. The van der Waals surface area contributed by atoms with Crippen molar-refractivity contribution < 1.29 is 52.7 Å². The molecular weight excluding hydrogens is 1050 g/mol. The summed E-state index contributed by atoms with van der Waals surface area (Å²) < 4.78 is 4.67. The van der Waals surface area contributed by atoms with E-state index in [-0.39, 0.29) is 82.0 Å². The number of ether oxygens (including phenoxy) is 1. The summed E-state index contributed by atoms with van der Waals surface area (Å²) in [4.78, 5) is 145. The highest BCUT2D eigenvalue weighted by Gasteiger charge is 2.43. The Hall–Kier alpha value is -6.97. The predicted octanol–water partition coefficient (Wildman–Crippen LogP) is -2.65. The zero-order chi connectivity index (χ0) is 56.9. The molecule has 78 heavy (non-hydrogen) atoms. The molecule has 9 amide bonds. The van der Waals surface area contributed by atoms with E-state index in [1.165, 1.54) is 33.6 Å². The lowest BCUT2D eigenvalue weighted by Crippen LogP contribution is -2.61. The number of nitrogens with two attached hydrogens (primary N) is 5. The molecule has 27 heteroatoms. The lowest BCUT2D eigenvalue weighted by atomic mass is 9.87. The van der Waals surface area contributed by atoms with Gasteiger partial charge in [0, 0.05) is 36.4 Å². The van der Waals surface area contributed by atoms with E-state index < -0.39 is 113 Å². The second-order valence-corrected chi connectivity index (χ2v) is 22.6. The lowest BCUT2D eigenvalue weighted by molar-refractivity contribution is -0.142. The number of methoxy groups -OCH3 is 1. The topological polar surface area (TPSA) is 401 Å². The Bertz CT molecular complexity index is 2480. The molecule has 2 aromatic rings. The monoisotopic (exact) mass is 1120 g/mol. The second-order valence-electron chi connectivity index (χ2n) is 19.8. The Morgan fingerprint density at radius 1 is 0.795 bits per heavy atom. The number of ketones is 1. The van der Waals surface area contributed by atoms with E-state index in [2.05, 4.69) is 41.8 Å². The van der Waals surface area contributed by atoms with Crippen LogP contribution in [0.15, 0.2) is 59.6 Å². The molecule has 16 N–H and O–H groups in total. The summed E-state index contributed by atoms with van der Waals surface area (Å²) in [5.74, 6) is -7.38. The van der Waals surface area contributed by atoms with Crippen LogP contribution in [-0.4, -0.2) is 174 Å². The van der Waals surface area contributed by atoms with Crippen LogP contribution in [0, 0.1) is 0 Å². The number of rotatable bonds is 20. The summed E-state index contributed by atoms with van der Waals surface area (Å²) in [6, 6.07) is 7.15. The smallest absolute Gasteiger partial charge is 0.246 e. The van der Waals surface area contributed by atoms with E-state index >= 15 is 4.79 Å². The molecule has 0 saturated carbocycles. The first-order valence-electron chi connectivity index (χ1n) is 25.8. The number of hydrogen-bond acceptors (Lipinski definition) is 16. The van der Waals surface area contributed by atoms with Crippen LogP contribution in [0.25, 0.3) is 0 Å². The number of likely N-dealkylation sites (tertiary alicyclic amines) is 2. The highest BCUT2D eigenvalue weighted by molar-refractivity contribution is 8.77. The molecule has 7 atom stereocenters. The quantitative estimate of drug-likeness (QED) is 0.0279. The van der Waals surface area contributed by atoms with Crippen molar-refractivity contribution in [2.24, 2.45) is 33.7 Å². The molecule has 2 aromatic carbocycles. The van der Waals surface area contributed by atoms with Crippen molar-refractivity contribution in [2.75, 3.05) is 52.6 Å². The number of nitrogens with one attached hydrogen (secondary N) is 6. The van der Waals surface area contributed by atoms with Crippen LogP contribution in [0.2, 0.25) is 0 Å². The molecule has 0 unspecified atom stereocenters. The maximum Gasteiger partial charge on any atom is 0.246 e. The van der Waals surface area contributed by atoms with E-state index in [4.69, 9.17) is 33.4 Å². The van der Waals surface area contributed by atoms with Gasteiger partial charge in [-0.3, -0.25) is 58.3 Å². The fraction of sp³-hybridized carbons (Fsp3) is 0.549. The number of hydrogen-bond donors (Lipinski definition) is 11. The first kappa shape index (κ1) is 61.9. The lowest BCUT2D eigenvalue weighted by Gasteiger charge is -2.40. The molecule has 0 aromatic heterocycles. The van der Waals surface area contributed by atoms with E-state index in [1.54, 1.807) is 24.3 Å². The molecule has 426 valence electrons. The minimum absolute atomic E-state index is 0.0236. The number of Topliss-reactive ketones (excluding diaryl/α,β-unsaturated/α-hetero) is 1. The van der Waals surface area contributed by atoms with Crippen LogP contribution < -0.4 is 65.3 Å². The molecule has 3 aliphatic rings. The number of carbonyl (C=O) groups excluding carboxylic acids is 10. The molecule has 5 rings (SSSR count). The summed E-state index contributed by atoms with van der Waals surface area (Å²) in [5, 5.41) is 16.4. The molecule has 25 nitrogen and oxygen atoms in total. The van der Waals surface area contributed by atoms with Gasteiger partial charge in [-0.05, 0) is 101 Å². The first-order valence-corrected chi connectivity index (χ1v) is 28.1. The number of amides is 9. The number of guanidine groups is 1. The molecular formula is C51H74N14O11S2. The molecule has 3 saturated heterocycles. The summed E-state index contributed by atoms with van der Waals surface area (Å²) in [7, 11) is 6.13. The van der Waals surface area contributed by atoms with E-state index in [9.17, 15) is 43.2 Å². The van der Waals surface area contributed by atoms with Crippen LogP contribution in [0.1, 0.15) is 75.3 Å². The van der Waals surface area contributed by atoms with Crippen LogP contribution in [0.3, 0.4) is 0 Å². The van der Waals surface area contributed by atoms with Gasteiger partial charge in [0.25, 0.3) is 0 Å². The summed E-state index contributed by atoms with van der Waals surface area (Å²) in [6.07, 6.45) is 0.655. The van der Waals surface area contributed by atoms with Crippen molar-refractivity contribution in [3.05, 3.63) is 65.7 Å². The fourth-order valence-corrected chi connectivity index (χ4v) is 12.6. The normalized spacial score (nSPS) is 23.0. The number of nitrogens with zero attached hydrogens (tertiary/aromatic N) is 3. The van der Waals surface area contributed by atoms with Gasteiger partial charge in [0.1, 0.15) is 36.0 Å². The number of aliphatic imine (C=N–C) groups is 1. The Kier molecular flexibility index (Phi) is 24.0. The predicted molar refractivity (Wildman–Crippen MR) is 294 cm³/mol. The van der Waals surface area contributed by atoms with Crippen LogP contribution >= 0.6 is 21.6 Å². The highest BCUT2D eigenvalue weighted by atomic mass is 33.1. The van der Waals surface area contributed by atoms with Crippen molar-refractivity contribution in [1.82, 2.24) is 41.7 Å². The van der Waals surface area contributed by atoms with Crippen LogP contribution in [0.5, 0.6) is 5.75 Å². The Labute approximate surface area is 460 Å². The zero-order valence-corrected chi connectivity index (χ0v) is 45.6. The fourth-order valence-electron chi connectivity index (χ4n) is 9.36. The zero-order valence-electron chi connectivity index (χ0n) is 44.0. The third kappa shape index (κ3) is 19.5. The van der Waals surface area contributed by atoms with Gasteiger partial charge >= 0.3 is 0 Å². The minimum Gasteiger partial charge on any atom is -0.497 e. The van der Waals surface area contributed by atoms with Crippen molar-refractivity contribution in [2.45, 2.75) is 124 Å². The molecule has 1 spiro atoms. The van der Waals surface area contributed by atoms with Crippen molar-refractivity contribution in [3.8, 4) is 5.75 Å². The molecule has 3 heterocycles. The van der Waals surface area contributed by atoms with Gasteiger partial charge in [-0.25, -0.2) is 0 Å². The maximum absolute atomic E-state index is 15.2. The molecule has 3 fully saturated rings. The maximum atomic E-state index is 15.2. The van der Waals surface area contributed by atoms with Crippen LogP contribution in [0.4, 0.5) is 0 Å². The number of carbonyl (C=O) groups is 10. The van der Waals surface area contributed by atoms with Gasteiger partial charge in [0.2, 0.25) is 53.2 Å². The SMILES string of the molecule is COc1ccc(C[C@@H]2N[C@@H](Cc3ccccc3)C(=O)N[C@@H](CCC(N)=O)C(=O)N[C@@H](CC(N)=O)C(=O)N[C@H](C(=O)N3CCC[C@H]3C(=O)N[C@@H](CCCN=C(N)N)C(=O)NCC(N)=O)CSSC3(CCN(C)CC3)CC2=O)cc1. The second kappa shape index (κ2) is 30.3.